The molecule has 2 aromatic carbocycles. The van der Waals surface area contributed by atoms with E-state index in [0.717, 1.165) is 0 Å². The summed E-state index contributed by atoms with van der Waals surface area (Å²) in [5.41, 5.74) is 1.56. The molecule has 0 spiro atoms. The molecule has 3 rings (SSSR count). The average Bonchev–Trinajstić information content (AvgIpc) is 3.24. The number of rotatable bonds is 6. The first-order chi connectivity index (χ1) is 15.2. The molecule has 3 N–H and O–H groups in total. The third kappa shape index (κ3) is 5.76. The first-order valence-electron chi connectivity index (χ1n) is 9.61. The van der Waals surface area contributed by atoms with Gasteiger partial charge in [0.2, 0.25) is 5.91 Å². The molecule has 0 radical (unpaired) electrons. The van der Waals surface area contributed by atoms with Crippen molar-refractivity contribution in [1.29, 1.82) is 0 Å². The maximum absolute atomic E-state index is 12.5. The van der Waals surface area contributed by atoms with Crippen LogP contribution in [0, 0.1) is 16.0 Å². The number of carbonyl (C=O) groups excluding carboxylic acids is 2. The molecular weight excluding hydrogens is 432 g/mol. The van der Waals surface area contributed by atoms with Crippen LogP contribution in [0.5, 0.6) is 0 Å². The fourth-order valence-corrected chi connectivity index (χ4v) is 2.89. The predicted molar refractivity (Wildman–Crippen MR) is 124 cm³/mol. The average molecular weight is 452 g/mol. The second kappa shape index (κ2) is 9.84. The Bertz CT molecular complexity index is 1190. The Kier molecular flexibility index (Phi) is 6.96. The van der Waals surface area contributed by atoms with Crippen molar-refractivity contribution in [3.63, 3.8) is 0 Å². The topological polar surface area (TPSA) is 127 Å². The number of hydrogen-bond acceptors (Lipinski definition) is 6. The fourth-order valence-electron chi connectivity index (χ4n) is 2.68. The van der Waals surface area contributed by atoms with E-state index in [1.54, 1.807) is 50.2 Å². The standard InChI is InChI=1S/C22H20N4O5S/c1-13(2)20(27)23-15-6-4-7-16(12-15)24-22(32)25-21(28)19-10-9-18(31-19)14-5-3-8-17(11-14)26(29)30/h3-13H,1-2H3,(H,23,27)(H2,24,25,28,32). The Morgan fingerprint density at radius 2 is 1.69 bits per heavy atom. The molecule has 0 aliphatic heterocycles. The first-order valence-corrected chi connectivity index (χ1v) is 10.0. The lowest BCUT2D eigenvalue weighted by Gasteiger charge is -2.11. The van der Waals surface area contributed by atoms with Crippen molar-refractivity contribution >= 4 is 46.2 Å². The van der Waals surface area contributed by atoms with E-state index in [1.165, 1.54) is 24.3 Å². The van der Waals surface area contributed by atoms with Crippen LogP contribution in [0.15, 0.2) is 65.1 Å². The first kappa shape index (κ1) is 22.6. The minimum Gasteiger partial charge on any atom is -0.451 e. The monoisotopic (exact) mass is 452 g/mol. The summed E-state index contributed by atoms with van der Waals surface area (Å²) in [6.07, 6.45) is 0. The van der Waals surface area contributed by atoms with Gasteiger partial charge in [0.1, 0.15) is 5.76 Å². The number of benzene rings is 2. The maximum atomic E-state index is 12.5. The minimum absolute atomic E-state index is 0.00592. The number of furan rings is 1. The van der Waals surface area contributed by atoms with Gasteiger partial charge < -0.3 is 15.1 Å². The zero-order valence-electron chi connectivity index (χ0n) is 17.2. The number of amides is 2. The van der Waals surface area contributed by atoms with Crippen molar-refractivity contribution in [2.75, 3.05) is 10.6 Å². The number of nitro benzene ring substituents is 1. The van der Waals surface area contributed by atoms with Crippen molar-refractivity contribution in [2.24, 2.45) is 5.92 Å². The van der Waals surface area contributed by atoms with Crippen LogP contribution in [0.2, 0.25) is 0 Å². The zero-order valence-corrected chi connectivity index (χ0v) is 18.1. The van der Waals surface area contributed by atoms with Gasteiger partial charge in [-0.25, -0.2) is 0 Å². The second-order valence-corrected chi connectivity index (χ2v) is 7.51. The fraction of sp³-hybridized carbons (Fsp3) is 0.136. The van der Waals surface area contributed by atoms with Crippen LogP contribution in [0.3, 0.4) is 0 Å². The zero-order chi connectivity index (χ0) is 23.3. The van der Waals surface area contributed by atoms with E-state index in [0.29, 0.717) is 22.7 Å². The van der Waals surface area contributed by atoms with Gasteiger partial charge in [-0.15, -0.1) is 0 Å². The van der Waals surface area contributed by atoms with Crippen LogP contribution >= 0.6 is 12.2 Å². The van der Waals surface area contributed by atoms with Gasteiger partial charge in [0, 0.05) is 35.0 Å². The normalized spacial score (nSPS) is 10.5. The van der Waals surface area contributed by atoms with Crippen molar-refractivity contribution in [2.45, 2.75) is 13.8 Å². The number of nitrogens with zero attached hydrogens (tertiary/aromatic N) is 1. The van der Waals surface area contributed by atoms with Gasteiger partial charge in [0.25, 0.3) is 11.6 Å². The molecule has 0 aliphatic rings. The van der Waals surface area contributed by atoms with E-state index in [-0.39, 0.29) is 28.4 Å². The molecule has 0 unspecified atom stereocenters. The van der Waals surface area contributed by atoms with E-state index in [2.05, 4.69) is 16.0 Å². The molecule has 1 heterocycles. The molecule has 0 saturated carbocycles. The van der Waals surface area contributed by atoms with Gasteiger partial charge in [-0.2, -0.15) is 0 Å². The number of nitrogens with one attached hydrogen (secondary N) is 3. The number of anilines is 2. The summed E-state index contributed by atoms with van der Waals surface area (Å²) < 4.78 is 5.53. The van der Waals surface area contributed by atoms with Crippen LogP contribution in [-0.4, -0.2) is 21.9 Å². The maximum Gasteiger partial charge on any atom is 0.293 e. The molecular formula is C22H20N4O5S. The Morgan fingerprint density at radius 3 is 2.38 bits per heavy atom. The van der Waals surface area contributed by atoms with Gasteiger partial charge in [0.15, 0.2) is 10.9 Å². The van der Waals surface area contributed by atoms with Crippen molar-refractivity contribution in [1.82, 2.24) is 5.32 Å². The van der Waals surface area contributed by atoms with E-state index in [9.17, 15) is 19.7 Å². The van der Waals surface area contributed by atoms with Gasteiger partial charge in [-0.1, -0.05) is 32.0 Å². The van der Waals surface area contributed by atoms with Crippen molar-refractivity contribution in [3.8, 4) is 11.3 Å². The third-order valence-corrected chi connectivity index (χ3v) is 4.51. The lowest BCUT2D eigenvalue weighted by atomic mass is 10.1. The van der Waals surface area contributed by atoms with Crippen molar-refractivity contribution < 1.29 is 18.9 Å². The summed E-state index contributed by atoms with van der Waals surface area (Å²) in [5.74, 6) is -0.550. The molecule has 164 valence electrons. The Labute approximate surface area is 189 Å². The molecule has 0 aliphatic carbocycles. The second-order valence-electron chi connectivity index (χ2n) is 7.10. The molecule has 0 saturated heterocycles. The summed E-state index contributed by atoms with van der Waals surface area (Å²) in [6.45, 7) is 3.59. The number of hydrogen-bond donors (Lipinski definition) is 3. The summed E-state index contributed by atoms with van der Waals surface area (Å²) in [7, 11) is 0. The lowest BCUT2D eigenvalue weighted by Crippen LogP contribution is -2.33. The summed E-state index contributed by atoms with van der Waals surface area (Å²) >= 11 is 5.18. The van der Waals surface area contributed by atoms with Gasteiger partial charge >= 0.3 is 0 Å². The van der Waals surface area contributed by atoms with E-state index in [4.69, 9.17) is 16.6 Å². The molecule has 0 fully saturated rings. The molecule has 32 heavy (non-hydrogen) atoms. The van der Waals surface area contributed by atoms with Crippen LogP contribution in [0.4, 0.5) is 17.1 Å². The highest BCUT2D eigenvalue weighted by atomic mass is 32.1. The molecule has 0 bridgehead atoms. The molecule has 10 heteroatoms. The highest BCUT2D eigenvalue weighted by Crippen LogP contribution is 2.25. The number of nitro groups is 1. The van der Waals surface area contributed by atoms with Crippen LogP contribution in [0.1, 0.15) is 24.4 Å². The van der Waals surface area contributed by atoms with Crippen molar-refractivity contribution in [3.05, 3.63) is 76.5 Å². The number of non-ortho nitro benzene ring substituents is 1. The van der Waals surface area contributed by atoms with E-state index < -0.39 is 10.8 Å². The third-order valence-electron chi connectivity index (χ3n) is 4.31. The lowest BCUT2D eigenvalue weighted by molar-refractivity contribution is -0.384. The summed E-state index contributed by atoms with van der Waals surface area (Å²) in [5, 5.41) is 19.1. The highest BCUT2D eigenvalue weighted by molar-refractivity contribution is 7.80. The predicted octanol–water partition coefficient (Wildman–Crippen LogP) is 4.58. The molecule has 2 amide bonds. The number of thiocarbonyl (C=S) groups is 1. The van der Waals surface area contributed by atoms with Crippen LogP contribution in [0.25, 0.3) is 11.3 Å². The SMILES string of the molecule is CC(C)C(=O)Nc1cccc(NC(=S)NC(=O)c2ccc(-c3cccc([N+](=O)[O-])c3)o2)c1. The summed E-state index contributed by atoms with van der Waals surface area (Å²) in [6, 6.07) is 15.8. The molecule has 9 nitrogen and oxygen atoms in total. The Hall–Kier alpha value is -4.05. The van der Waals surface area contributed by atoms with E-state index >= 15 is 0 Å². The van der Waals surface area contributed by atoms with Gasteiger partial charge in [-0.3, -0.25) is 25.0 Å². The highest BCUT2D eigenvalue weighted by Gasteiger charge is 2.16. The summed E-state index contributed by atoms with van der Waals surface area (Å²) in [4.78, 5) is 34.7. The molecule has 3 aromatic rings. The van der Waals surface area contributed by atoms with Gasteiger partial charge in [0.05, 0.1) is 4.92 Å². The minimum atomic E-state index is -0.580. The molecule has 1 aromatic heterocycles. The Morgan fingerprint density at radius 1 is 1.00 bits per heavy atom. The molecule has 0 atom stereocenters. The number of carbonyl (C=O) groups is 2. The largest absolute Gasteiger partial charge is 0.451 e. The van der Waals surface area contributed by atoms with Crippen LogP contribution in [-0.2, 0) is 4.79 Å². The van der Waals surface area contributed by atoms with Crippen LogP contribution < -0.4 is 16.0 Å². The Balaban J connectivity index is 1.63. The smallest absolute Gasteiger partial charge is 0.293 e. The quantitative estimate of drug-likeness (QED) is 0.284. The van der Waals surface area contributed by atoms with E-state index in [1.807, 2.05) is 0 Å². The van der Waals surface area contributed by atoms with Gasteiger partial charge in [-0.05, 0) is 42.5 Å².